The van der Waals surface area contributed by atoms with E-state index in [1.165, 1.54) is 118 Å². The van der Waals surface area contributed by atoms with Gasteiger partial charge in [0.25, 0.3) is 0 Å². The summed E-state index contributed by atoms with van der Waals surface area (Å²) in [6.07, 6.45) is 40.1. The summed E-state index contributed by atoms with van der Waals surface area (Å²) < 4.78 is 0. The van der Waals surface area contributed by atoms with Crippen LogP contribution in [0, 0.1) is 35.5 Å². The smallest absolute Gasteiger partial charge is 0.870 e. The summed E-state index contributed by atoms with van der Waals surface area (Å²) in [5.41, 5.74) is 0. The first kappa shape index (κ1) is 81.9. The SMILES string of the molecule is C=CC(CCC(CCCCC(CC/C=C/CC)SC(C)=O)SC(C)=O)CC(CCSC(C)=O)CC(C)C(C)SC(C)=O.C=CC(CCC(S)CCCCC(S)CC/C=C/CC)CC(CCS)CC(C)C(C)S.[Na+].[OH-]. The van der Waals surface area contributed by atoms with E-state index in [0.717, 1.165) is 101 Å². The number of rotatable bonds is 44. The average molecular weight is 1190 g/mol. The predicted molar refractivity (Wildman–Crippen MR) is 348 cm³/mol. The van der Waals surface area contributed by atoms with Crippen LogP contribution in [0.4, 0.5) is 0 Å². The number of carbonyl (C=O) groups excluding carboxylic acids is 4. The summed E-state index contributed by atoms with van der Waals surface area (Å²) in [5.74, 6) is 5.02. The van der Waals surface area contributed by atoms with Crippen LogP contribution in [-0.4, -0.2) is 68.9 Å². The van der Waals surface area contributed by atoms with E-state index in [9.17, 15) is 19.2 Å². The molecule has 5 nitrogen and oxygen atoms in total. The monoisotopic (exact) mass is 1190 g/mol. The second-order valence-corrected chi connectivity index (χ2v) is 29.2. The van der Waals surface area contributed by atoms with Crippen molar-refractivity contribution in [2.24, 2.45) is 35.5 Å². The number of unbranched alkanes of at least 4 members (excludes halogenated alkanes) is 2. The molecule has 0 bridgehead atoms. The van der Waals surface area contributed by atoms with Gasteiger partial charge in [-0.25, -0.2) is 0 Å². The summed E-state index contributed by atoms with van der Waals surface area (Å²) in [6, 6.07) is 0. The maximum atomic E-state index is 12.1. The third-order valence-electron chi connectivity index (χ3n) is 13.8. The van der Waals surface area contributed by atoms with Crippen LogP contribution in [0.5, 0.6) is 0 Å². The second-order valence-electron chi connectivity index (χ2n) is 20.7. The molecule has 0 aromatic rings. The largest absolute Gasteiger partial charge is 1.00 e. The standard InChI is InChI=1S/C34H58O4S4.C26H50S4.Na.H2O/c1-9-11-12-13-16-33(41-29(7)37)17-14-15-18-34(42-30(8)38)20-19-31(10-2)24-32(21-22-39-27(5)35)23-25(3)26(4)40-28(6)36;1-5-7-8-9-12-25(29)13-10-11-14-26(30)16-15-23(6-2)20-24(17-18-27)19-21(3)22(4)28;;/h10-12,25-26,31-34H,2,9,13-24H2,1,3-8H3;6-8,21-30H,2,5,9-20H2,1,3-4H3;;1H2/q;;+1;/p-1/b12-11+;8-7+;;. The second kappa shape index (κ2) is 55.0. The molecule has 0 spiro atoms. The number of thioether (sulfide) groups is 4. The minimum absolute atomic E-state index is 0. The van der Waals surface area contributed by atoms with E-state index in [1.807, 2.05) is 0 Å². The van der Waals surface area contributed by atoms with E-state index in [-0.39, 0.29) is 60.7 Å². The quantitative estimate of drug-likeness (QED) is 0.0206. The van der Waals surface area contributed by atoms with Crippen LogP contribution in [0.2, 0.25) is 0 Å². The molecule has 0 aliphatic rings. The van der Waals surface area contributed by atoms with Gasteiger partial charge in [-0.05, 0) is 170 Å². The van der Waals surface area contributed by atoms with Crippen molar-refractivity contribution in [2.45, 2.75) is 255 Å². The van der Waals surface area contributed by atoms with Gasteiger partial charge in [-0.3, -0.25) is 19.2 Å². The van der Waals surface area contributed by atoms with Crippen LogP contribution >= 0.6 is 97.6 Å². The van der Waals surface area contributed by atoms with Crippen LogP contribution in [-0.2, 0) is 19.2 Å². The molecule has 12 unspecified atom stereocenters. The predicted octanol–water partition coefficient (Wildman–Crippen LogP) is 16.5. The van der Waals surface area contributed by atoms with Crippen molar-refractivity contribution in [2.75, 3.05) is 11.5 Å². The molecule has 0 heterocycles. The Morgan fingerprint density at radius 3 is 1.38 bits per heavy atom. The fraction of sp³-hybridized carbons (Fsp3) is 0.800. The number of hydrogen-bond acceptors (Lipinski definition) is 13. The molecule has 0 aromatic heterocycles. The van der Waals surface area contributed by atoms with E-state index in [2.05, 4.69) is 116 Å². The van der Waals surface area contributed by atoms with E-state index in [4.69, 9.17) is 25.3 Å². The maximum absolute atomic E-state index is 12.1. The Labute approximate surface area is 518 Å². The van der Waals surface area contributed by atoms with Crippen LogP contribution in [0.3, 0.4) is 0 Å². The number of carbonyl (C=O) groups is 4. The van der Waals surface area contributed by atoms with E-state index in [1.54, 1.807) is 27.7 Å². The van der Waals surface area contributed by atoms with Gasteiger partial charge in [0.2, 0.25) is 0 Å². The van der Waals surface area contributed by atoms with E-state index in [0.29, 0.717) is 55.8 Å². The molecule has 12 atom stereocenters. The molecular formula is C60H109NaO5S8. The van der Waals surface area contributed by atoms with Crippen molar-refractivity contribution in [1.29, 1.82) is 0 Å². The van der Waals surface area contributed by atoms with Gasteiger partial charge in [0.05, 0.1) is 0 Å². The fourth-order valence-corrected chi connectivity index (χ4v) is 14.1. The van der Waals surface area contributed by atoms with Gasteiger partial charge in [0.1, 0.15) is 0 Å². The Kier molecular flexibility index (Phi) is 60.8. The zero-order valence-electron chi connectivity index (χ0n) is 48.7. The van der Waals surface area contributed by atoms with Gasteiger partial charge in [-0.2, -0.15) is 50.5 Å². The Morgan fingerprint density at radius 1 is 0.500 bits per heavy atom. The fourth-order valence-electron chi connectivity index (χ4n) is 9.29. The molecule has 14 heteroatoms. The van der Waals surface area contributed by atoms with Crippen molar-refractivity contribution < 1.29 is 54.2 Å². The van der Waals surface area contributed by atoms with Crippen molar-refractivity contribution in [1.82, 2.24) is 0 Å². The third-order valence-corrected chi connectivity index (χ3v) is 19.9. The molecule has 0 aliphatic heterocycles. The van der Waals surface area contributed by atoms with Crippen molar-refractivity contribution >= 4 is 118 Å². The summed E-state index contributed by atoms with van der Waals surface area (Å²) >= 11 is 24.5. The number of allylic oxidation sites excluding steroid dienone is 6. The molecular weight excluding hydrogens is 1080 g/mol. The molecule has 0 rings (SSSR count). The maximum Gasteiger partial charge on any atom is 1.00 e. The molecule has 0 saturated carbocycles. The van der Waals surface area contributed by atoms with Crippen molar-refractivity contribution in [3.63, 3.8) is 0 Å². The van der Waals surface area contributed by atoms with Gasteiger partial charge in [-0.15, -0.1) is 13.2 Å². The zero-order valence-corrected chi connectivity index (χ0v) is 57.5. The number of thiol groups is 4. The normalized spacial score (nSPS) is 16.4. The Hall–Kier alpha value is 1.40. The summed E-state index contributed by atoms with van der Waals surface area (Å²) in [6.45, 7) is 28.1. The summed E-state index contributed by atoms with van der Waals surface area (Å²) in [7, 11) is 0. The van der Waals surface area contributed by atoms with Gasteiger partial charge in [0.15, 0.2) is 20.5 Å². The van der Waals surface area contributed by atoms with Crippen molar-refractivity contribution in [3.05, 3.63) is 49.6 Å². The van der Waals surface area contributed by atoms with E-state index >= 15 is 0 Å². The summed E-state index contributed by atoms with van der Waals surface area (Å²) in [5, 5.41) is 3.14. The molecule has 74 heavy (non-hydrogen) atoms. The third kappa shape index (κ3) is 51.5. The Morgan fingerprint density at radius 2 is 0.932 bits per heavy atom. The van der Waals surface area contributed by atoms with Crippen LogP contribution < -0.4 is 29.6 Å². The van der Waals surface area contributed by atoms with Crippen LogP contribution in [0.1, 0.15) is 223 Å². The van der Waals surface area contributed by atoms with Gasteiger partial charge >= 0.3 is 29.6 Å². The molecule has 428 valence electrons. The zero-order chi connectivity index (χ0) is 54.7. The number of hydrogen-bond donors (Lipinski definition) is 4. The average Bonchev–Trinajstić information content (AvgIpc) is 3.31. The van der Waals surface area contributed by atoms with Gasteiger partial charge in [0, 0.05) is 64.9 Å². The van der Waals surface area contributed by atoms with Gasteiger partial charge < -0.3 is 5.48 Å². The first-order chi connectivity index (χ1) is 34.2. The van der Waals surface area contributed by atoms with E-state index < -0.39 is 0 Å². The molecule has 0 radical (unpaired) electrons. The molecule has 0 amide bonds. The summed E-state index contributed by atoms with van der Waals surface area (Å²) in [4.78, 5) is 47.0. The molecule has 0 fully saturated rings. The van der Waals surface area contributed by atoms with Crippen LogP contribution in [0.15, 0.2) is 49.6 Å². The Balaban J connectivity index is -0.000000679. The first-order valence-electron chi connectivity index (χ1n) is 28.1. The minimum atomic E-state index is 0. The first-order valence-corrected chi connectivity index (χ1v) is 33.9. The van der Waals surface area contributed by atoms with Gasteiger partial charge in [-0.1, -0.05) is 151 Å². The Bertz CT molecular complexity index is 1470. The van der Waals surface area contributed by atoms with Crippen LogP contribution in [0.25, 0.3) is 0 Å². The molecule has 0 aromatic carbocycles. The van der Waals surface area contributed by atoms with Crippen molar-refractivity contribution in [3.8, 4) is 0 Å². The molecule has 1 N–H and O–H groups in total. The topological polar surface area (TPSA) is 98.3 Å². The minimum Gasteiger partial charge on any atom is -0.870 e. The molecule has 0 aliphatic carbocycles. The molecule has 0 saturated heterocycles.